The molecule has 4 rings (SSSR count). The quantitative estimate of drug-likeness (QED) is 0.141. The summed E-state index contributed by atoms with van der Waals surface area (Å²) in [4.78, 5) is 14.9. The van der Waals surface area contributed by atoms with Crippen LogP contribution >= 0.6 is 11.6 Å². The molecular formula is C26H26ClN3O6. The van der Waals surface area contributed by atoms with Gasteiger partial charge in [-0.05, 0) is 33.5 Å². The highest BCUT2D eigenvalue weighted by molar-refractivity contribution is 6.26. The third-order valence-corrected chi connectivity index (χ3v) is 6.06. The molecule has 0 aliphatic carbocycles. The zero-order chi connectivity index (χ0) is 25.3. The Labute approximate surface area is 213 Å². The van der Waals surface area contributed by atoms with Crippen molar-refractivity contribution in [3.05, 3.63) is 94.4 Å². The summed E-state index contributed by atoms with van der Waals surface area (Å²) in [5, 5.41) is 16.4. The minimum absolute atomic E-state index is 0.0156. The standard InChI is InChI=1S/C26H26ClN3O6/c27-13-22(31)36-24-21(16-33-14-18-10-11-19-8-4-5-9-20(19)12-18)35-26(32)23(29-30-28)25(24)34-15-17-6-2-1-3-7-17/h1-12,21,23-26,32H,13-16H2/t21-,23-,24-,25-,26+/m1/s1. The van der Waals surface area contributed by atoms with Gasteiger partial charge in [-0.2, -0.15) is 0 Å². The first kappa shape index (κ1) is 25.9. The first-order valence-corrected chi connectivity index (χ1v) is 12.0. The van der Waals surface area contributed by atoms with Crippen LogP contribution in [0.2, 0.25) is 0 Å². The molecule has 1 fully saturated rings. The molecule has 188 valence electrons. The van der Waals surface area contributed by atoms with Gasteiger partial charge in [-0.1, -0.05) is 71.8 Å². The molecule has 1 saturated heterocycles. The number of aliphatic hydroxyl groups excluding tert-OH is 1. The van der Waals surface area contributed by atoms with Gasteiger partial charge in [0.2, 0.25) is 0 Å². The smallest absolute Gasteiger partial charge is 0.321 e. The van der Waals surface area contributed by atoms with Crippen molar-refractivity contribution < 1.29 is 28.8 Å². The molecule has 9 nitrogen and oxygen atoms in total. The van der Waals surface area contributed by atoms with Gasteiger partial charge in [0.05, 0.1) is 19.8 Å². The number of esters is 1. The highest BCUT2D eigenvalue weighted by Gasteiger charge is 2.48. The summed E-state index contributed by atoms with van der Waals surface area (Å²) in [7, 11) is 0. The van der Waals surface area contributed by atoms with Crippen LogP contribution in [0.4, 0.5) is 0 Å². The van der Waals surface area contributed by atoms with Crippen LogP contribution in [0.25, 0.3) is 21.2 Å². The third-order valence-electron chi connectivity index (χ3n) is 5.84. The van der Waals surface area contributed by atoms with Gasteiger partial charge in [-0.15, -0.1) is 11.6 Å². The zero-order valence-electron chi connectivity index (χ0n) is 19.4. The molecule has 3 aromatic carbocycles. The topological polar surface area (TPSA) is 123 Å². The van der Waals surface area contributed by atoms with Crippen LogP contribution in [-0.2, 0) is 37.0 Å². The number of halogens is 1. The molecule has 3 aromatic rings. The van der Waals surface area contributed by atoms with Gasteiger partial charge >= 0.3 is 5.97 Å². The van der Waals surface area contributed by atoms with Crippen molar-refractivity contribution in [2.45, 2.75) is 43.9 Å². The second-order valence-corrected chi connectivity index (χ2v) is 8.57. The number of carbonyl (C=O) groups is 1. The average molecular weight is 512 g/mol. The molecule has 5 atom stereocenters. The number of hydrogen-bond acceptors (Lipinski definition) is 7. The van der Waals surface area contributed by atoms with E-state index in [1.807, 2.05) is 72.8 Å². The van der Waals surface area contributed by atoms with Crippen molar-refractivity contribution >= 4 is 28.3 Å². The van der Waals surface area contributed by atoms with Crippen molar-refractivity contribution in [3.63, 3.8) is 0 Å². The lowest BCUT2D eigenvalue weighted by Gasteiger charge is -2.42. The Balaban J connectivity index is 1.50. The molecular weight excluding hydrogens is 486 g/mol. The van der Waals surface area contributed by atoms with Gasteiger partial charge in [0, 0.05) is 4.91 Å². The maximum Gasteiger partial charge on any atom is 0.321 e. The first-order chi connectivity index (χ1) is 17.6. The zero-order valence-corrected chi connectivity index (χ0v) is 20.1. The summed E-state index contributed by atoms with van der Waals surface area (Å²) < 4.78 is 23.1. The summed E-state index contributed by atoms with van der Waals surface area (Å²) in [6, 6.07) is 22.2. The largest absolute Gasteiger partial charge is 0.456 e. The van der Waals surface area contributed by atoms with Crippen LogP contribution in [0, 0.1) is 0 Å². The number of aliphatic hydroxyl groups is 1. The van der Waals surface area contributed by atoms with Gasteiger partial charge in [-0.3, -0.25) is 4.79 Å². The Bertz CT molecular complexity index is 1210. The summed E-state index contributed by atoms with van der Waals surface area (Å²) in [6.45, 7) is 0.389. The Hall–Kier alpha value is -3.17. The van der Waals surface area contributed by atoms with Crippen molar-refractivity contribution in [2.24, 2.45) is 5.11 Å². The third kappa shape index (κ3) is 6.53. The molecule has 0 unspecified atom stereocenters. The van der Waals surface area contributed by atoms with Crippen molar-refractivity contribution in [1.82, 2.24) is 0 Å². The lowest BCUT2D eigenvalue weighted by atomic mass is 9.97. The number of hydrogen-bond donors (Lipinski definition) is 1. The van der Waals surface area contributed by atoms with Crippen LogP contribution in [-0.4, -0.2) is 54.2 Å². The van der Waals surface area contributed by atoms with Crippen molar-refractivity contribution in [1.29, 1.82) is 0 Å². The molecule has 10 heteroatoms. The Morgan fingerprint density at radius 2 is 1.75 bits per heavy atom. The monoisotopic (exact) mass is 511 g/mol. The minimum Gasteiger partial charge on any atom is -0.456 e. The van der Waals surface area contributed by atoms with E-state index < -0.39 is 36.6 Å². The van der Waals surface area contributed by atoms with Gasteiger partial charge in [-0.25, -0.2) is 0 Å². The number of azide groups is 1. The van der Waals surface area contributed by atoms with Crippen LogP contribution < -0.4 is 0 Å². The summed E-state index contributed by atoms with van der Waals surface area (Å²) in [5.41, 5.74) is 10.8. The molecule has 1 heterocycles. The summed E-state index contributed by atoms with van der Waals surface area (Å²) in [5.74, 6) is -1.09. The van der Waals surface area contributed by atoms with Crippen molar-refractivity contribution in [3.8, 4) is 0 Å². The SMILES string of the molecule is [N-]=[N+]=N[C@@H]1[C@@H](OCc2ccccc2)[C@H](OC(=O)CCl)[C@@H](COCc2ccc3ccccc3c2)O[C@@H]1O. The molecule has 0 radical (unpaired) electrons. The Morgan fingerprint density at radius 1 is 1.00 bits per heavy atom. The predicted molar refractivity (Wildman–Crippen MR) is 133 cm³/mol. The highest BCUT2D eigenvalue weighted by atomic mass is 35.5. The second kappa shape index (κ2) is 12.7. The van der Waals surface area contributed by atoms with E-state index in [-0.39, 0.29) is 25.7 Å². The Kier molecular flexibility index (Phi) is 9.13. The fourth-order valence-corrected chi connectivity index (χ4v) is 4.19. The molecule has 1 aliphatic rings. The van der Waals surface area contributed by atoms with Crippen molar-refractivity contribution in [2.75, 3.05) is 12.5 Å². The van der Waals surface area contributed by atoms with Crippen LogP contribution in [0.5, 0.6) is 0 Å². The van der Waals surface area contributed by atoms with Crippen LogP contribution in [0.15, 0.2) is 77.9 Å². The molecule has 0 amide bonds. The highest BCUT2D eigenvalue weighted by Crippen LogP contribution is 2.29. The Morgan fingerprint density at radius 3 is 2.50 bits per heavy atom. The number of benzene rings is 3. The number of rotatable bonds is 10. The summed E-state index contributed by atoms with van der Waals surface area (Å²) in [6.07, 6.45) is -4.40. The van der Waals surface area contributed by atoms with Gasteiger partial charge < -0.3 is 24.1 Å². The lowest BCUT2D eigenvalue weighted by molar-refractivity contribution is -0.266. The number of ether oxygens (including phenoxy) is 4. The van der Waals surface area contributed by atoms with E-state index in [1.54, 1.807) is 0 Å². The average Bonchev–Trinajstić information content (AvgIpc) is 2.91. The first-order valence-electron chi connectivity index (χ1n) is 11.4. The molecule has 0 aromatic heterocycles. The van der Waals surface area contributed by atoms with E-state index in [0.29, 0.717) is 0 Å². The van der Waals surface area contributed by atoms with E-state index in [4.69, 9.17) is 36.1 Å². The van der Waals surface area contributed by atoms with Gasteiger partial charge in [0.15, 0.2) is 12.4 Å². The number of nitrogens with zero attached hydrogens (tertiary/aromatic N) is 3. The summed E-state index contributed by atoms with van der Waals surface area (Å²) >= 11 is 5.68. The molecule has 0 bridgehead atoms. The number of alkyl halides is 1. The van der Waals surface area contributed by atoms with E-state index in [1.165, 1.54) is 0 Å². The fourth-order valence-electron chi connectivity index (χ4n) is 4.13. The molecule has 1 N–H and O–H groups in total. The van der Waals surface area contributed by atoms with E-state index >= 15 is 0 Å². The number of fused-ring (bicyclic) bond motifs is 1. The fraction of sp³-hybridized carbons (Fsp3) is 0.346. The van der Waals surface area contributed by atoms with Crippen LogP contribution in [0.1, 0.15) is 11.1 Å². The molecule has 36 heavy (non-hydrogen) atoms. The second-order valence-electron chi connectivity index (χ2n) is 8.31. The van der Waals surface area contributed by atoms with E-state index in [9.17, 15) is 9.90 Å². The maximum atomic E-state index is 12.1. The van der Waals surface area contributed by atoms with Crippen LogP contribution in [0.3, 0.4) is 0 Å². The molecule has 0 saturated carbocycles. The minimum atomic E-state index is -1.48. The maximum absolute atomic E-state index is 12.1. The van der Waals surface area contributed by atoms with E-state index in [0.717, 1.165) is 21.9 Å². The molecule has 1 aliphatic heterocycles. The van der Waals surface area contributed by atoms with E-state index in [2.05, 4.69) is 10.0 Å². The normalized spacial score (nSPS) is 23.7. The lowest BCUT2D eigenvalue weighted by Crippen LogP contribution is -2.60. The molecule has 0 spiro atoms. The van der Waals surface area contributed by atoms with Gasteiger partial charge in [0.1, 0.15) is 24.1 Å². The predicted octanol–water partition coefficient (Wildman–Crippen LogP) is 4.49. The number of carbonyl (C=O) groups excluding carboxylic acids is 1. The van der Waals surface area contributed by atoms with Gasteiger partial charge in [0.25, 0.3) is 0 Å².